The van der Waals surface area contributed by atoms with Crippen LogP contribution in [0, 0.1) is 6.92 Å². The van der Waals surface area contributed by atoms with Gasteiger partial charge >= 0.3 is 0 Å². The molecule has 1 aromatic heterocycles. The fraction of sp³-hybridized carbons (Fsp3) is 0.619. The minimum absolute atomic E-state index is 0.471. The standard InChI is InChI=1S/C21H31N5O/c1-17-6-3-4-7-18(17)14-26-9-5-8-19(15-26)21-23-22-20(24(21)2)16-25-10-12-27-13-11-25/h3-4,6-7,19H,5,8-16H2,1-2H3/t19-/m0/s1. The van der Waals surface area contributed by atoms with Crippen molar-refractivity contribution in [3.05, 3.63) is 47.0 Å². The van der Waals surface area contributed by atoms with Crippen LogP contribution in [-0.4, -0.2) is 64.0 Å². The predicted molar refractivity (Wildman–Crippen MR) is 106 cm³/mol. The number of aryl methyl sites for hydroxylation is 1. The Morgan fingerprint density at radius 3 is 2.67 bits per heavy atom. The Bertz CT molecular complexity index is 753. The molecule has 0 amide bonds. The van der Waals surface area contributed by atoms with E-state index in [-0.39, 0.29) is 0 Å². The maximum absolute atomic E-state index is 5.45. The van der Waals surface area contributed by atoms with Crippen LogP contribution < -0.4 is 0 Å². The van der Waals surface area contributed by atoms with Crippen LogP contribution in [0.1, 0.15) is 41.5 Å². The summed E-state index contributed by atoms with van der Waals surface area (Å²) in [5.74, 6) is 2.69. The van der Waals surface area contributed by atoms with E-state index in [0.717, 1.165) is 57.6 Å². The Labute approximate surface area is 162 Å². The van der Waals surface area contributed by atoms with Crippen molar-refractivity contribution in [1.82, 2.24) is 24.6 Å². The molecule has 4 rings (SSSR count). The number of hydrogen-bond acceptors (Lipinski definition) is 5. The minimum Gasteiger partial charge on any atom is -0.379 e. The first-order chi connectivity index (χ1) is 13.2. The summed E-state index contributed by atoms with van der Waals surface area (Å²) < 4.78 is 7.68. The second kappa shape index (κ2) is 8.50. The molecule has 0 radical (unpaired) electrons. The lowest BCUT2D eigenvalue weighted by Gasteiger charge is -2.32. The zero-order valence-electron chi connectivity index (χ0n) is 16.6. The zero-order chi connectivity index (χ0) is 18.6. The second-order valence-electron chi connectivity index (χ2n) is 7.92. The van der Waals surface area contributed by atoms with Crippen molar-refractivity contribution in [3.8, 4) is 0 Å². The number of aromatic nitrogens is 3. The molecule has 2 fully saturated rings. The summed E-state index contributed by atoms with van der Waals surface area (Å²) >= 11 is 0. The van der Waals surface area contributed by atoms with Gasteiger partial charge in [-0.1, -0.05) is 24.3 Å². The number of likely N-dealkylation sites (tertiary alicyclic amines) is 1. The van der Waals surface area contributed by atoms with Gasteiger partial charge in [0.05, 0.1) is 19.8 Å². The smallest absolute Gasteiger partial charge is 0.146 e. The van der Waals surface area contributed by atoms with Crippen LogP contribution in [0.2, 0.25) is 0 Å². The van der Waals surface area contributed by atoms with Gasteiger partial charge in [-0.15, -0.1) is 10.2 Å². The topological polar surface area (TPSA) is 46.4 Å². The van der Waals surface area contributed by atoms with E-state index >= 15 is 0 Å². The molecule has 6 heteroatoms. The van der Waals surface area contributed by atoms with E-state index in [1.807, 2.05) is 0 Å². The third-order valence-electron chi connectivity index (χ3n) is 5.99. The third-order valence-corrected chi connectivity index (χ3v) is 5.99. The first-order valence-electron chi connectivity index (χ1n) is 10.2. The van der Waals surface area contributed by atoms with E-state index in [4.69, 9.17) is 4.74 Å². The average molecular weight is 370 g/mol. The molecule has 2 aliphatic heterocycles. The number of benzene rings is 1. The highest BCUT2D eigenvalue weighted by molar-refractivity contribution is 5.25. The summed E-state index contributed by atoms with van der Waals surface area (Å²) in [6.07, 6.45) is 2.43. The van der Waals surface area contributed by atoms with Crippen molar-refractivity contribution in [3.63, 3.8) is 0 Å². The Morgan fingerprint density at radius 2 is 1.85 bits per heavy atom. The summed E-state index contributed by atoms with van der Waals surface area (Å²) in [5.41, 5.74) is 2.82. The lowest BCUT2D eigenvalue weighted by Crippen LogP contribution is -2.36. The summed E-state index contributed by atoms with van der Waals surface area (Å²) in [6.45, 7) is 9.95. The number of rotatable bonds is 5. The van der Waals surface area contributed by atoms with E-state index in [1.54, 1.807) is 0 Å². The maximum atomic E-state index is 5.45. The van der Waals surface area contributed by atoms with Crippen molar-refractivity contribution in [2.75, 3.05) is 39.4 Å². The van der Waals surface area contributed by atoms with E-state index < -0.39 is 0 Å². The van der Waals surface area contributed by atoms with Crippen molar-refractivity contribution in [2.45, 2.75) is 38.8 Å². The molecule has 3 heterocycles. The molecule has 146 valence electrons. The molecule has 2 aromatic rings. The van der Waals surface area contributed by atoms with Gasteiger partial charge in [-0.05, 0) is 37.4 Å². The first-order valence-corrected chi connectivity index (χ1v) is 10.2. The lowest BCUT2D eigenvalue weighted by atomic mass is 9.96. The maximum Gasteiger partial charge on any atom is 0.146 e. The molecular formula is C21H31N5O. The van der Waals surface area contributed by atoms with Crippen LogP contribution in [0.5, 0.6) is 0 Å². The van der Waals surface area contributed by atoms with Crippen LogP contribution in [0.25, 0.3) is 0 Å². The molecule has 2 aliphatic rings. The van der Waals surface area contributed by atoms with Gasteiger partial charge in [0.2, 0.25) is 0 Å². The Balaban J connectivity index is 1.41. The van der Waals surface area contributed by atoms with E-state index in [2.05, 4.69) is 62.8 Å². The van der Waals surface area contributed by atoms with Crippen molar-refractivity contribution < 1.29 is 4.74 Å². The SMILES string of the molecule is Cc1ccccc1CN1CCC[C@H](c2nnc(CN3CCOCC3)n2C)C1. The quantitative estimate of drug-likeness (QED) is 0.810. The van der Waals surface area contributed by atoms with Crippen LogP contribution in [-0.2, 0) is 24.9 Å². The third kappa shape index (κ3) is 4.39. The van der Waals surface area contributed by atoms with Gasteiger partial charge in [-0.3, -0.25) is 9.80 Å². The first kappa shape index (κ1) is 18.6. The molecule has 0 aliphatic carbocycles. The molecule has 27 heavy (non-hydrogen) atoms. The van der Waals surface area contributed by atoms with Crippen molar-refractivity contribution >= 4 is 0 Å². The molecule has 0 spiro atoms. The van der Waals surface area contributed by atoms with E-state index in [9.17, 15) is 0 Å². The van der Waals surface area contributed by atoms with Gasteiger partial charge in [-0.25, -0.2) is 0 Å². The molecular weight excluding hydrogens is 338 g/mol. The largest absolute Gasteiger partial charge is 0.379 e. The van der Waals surface area contributed by atoms with E-state index in [0.29, 0.717) is 5.92 Å². The molecule has 0 N–H and O–H groups in total. The molecule has 1 aromatic carbocycles. The number of piperidine rings is 1. The molecule has 1 atom stereocenters. The van der Waals surface area contributed by atoms with Gasteiger partial charge in [0.1, 0.15) is 11.6 Å². The summed E-state index contributed by atoms with van der Waals surface area (Å²) in [7, 11) is 2.13. The molecule has 0 bridgehead atoms. The van der Waals surface area contributed by atoms with Gasteiger partial charge in [0, 0.05) is 39.1 Å². The fourth-order valence-corrected chi connectivity index (χ4v) is 4.27. The number of hydrogen-bond donors (Lipinski definition) is 0. The van der Waals surface area contributed by atoms with Crippen molar-refractivity contribution in [1.29, 1.82) is 0 Å². The highest BCUT2D eigenvalue weighted by Crippen LogP contribution is 2.27. The monoisotopic (exact) mass is 369 g/mol. The molecule has 0 saturated carbocycles. The molecule has 0 unspecified atom stereocenters. The number of ether oxygens (including phenoxy) is 1. The minimum atomic E-state index is 0.471. The van der Waals surface area contributed by atoms with Crippen LogP contribution >= 0.6 is 0 Å². The summed E-state index contributed by atoms with van der Waals surface area (Å²) in [6, 6.07) is 8.72. The number of morpholine rings is 1. The predicted octanol–water partition coefficient (Wildman–Crippen LogP) is 2.34. The van der Waals surface area contributed by atoms with E-state index in [1.165, 1.54) is 30.5 Å². The fourth-order valence-electron chi connectivity index (χ4n) is 4.27. The highest BCUT2D eigenvalue weighted by Gasteiger charge is 2.26. The van der Waals surface area contributed by atoms with Gasteiger partial charge in [0.25, 0.3) is 0 Å². The lowest BCUT2D eigenvalue weighted by molar-refractivity contribution is 0.0326. The second-order valence-corrected chi connectivity index (χ2v) is 7.92. The van der Waals surface area contributed by atoms with Crippen molar-refractivity contribution in [2.24, 2.45) is 7.05 Å². The highest BCUT2D eigenvalue weighted by atomic mass is 16.5. The molecule has 2 saturated heterocycles. The van der Waals surface area contributed by atoms with Gasteiger partial charge < -0.3 is 9.30 Å². The Morgan fingerprint density at radius 1 is 1.04 bits per heavy atom. The van der Waals surface area contributed by atoms with Crippen LogP contribution in [0.4, 0.5) is 0 Å². The normalized spacial score (nSPS) is 22.2. The zero-order valence-corrected chi connectivity index (χ0v) is 16.6. The van der Waals surface area contributed by atoms with Crippen LogP contribution in [0.3, 0.4) is 0 Å². The van der Waals surface area contributed by atoms with Gasteiger partial charge in [-0.2, -0.15) is 0 Å². The summed E-state index contributed by atoms with van der Waals surface area (Å²) in [4.78, 5) is 4.98. The number of nitrogens with zero attached hydrogens (tertiary/aromatic N) is 5. The van der Waals surface area contributed by atoms with Gasteiger partial charge in [0.15, 0.2) is 0 Å². The van der Waals surface area contributed by atoms with Crippen LogP contribution in [0.15, 0.2) is 24.3 Å². The average Bonchev–Trinajstić information content (AvgIpc) is 3.05. The summed E-state index contributed by atoms with van der Waals surface area (Å²) in [5, 5.41) is 9.11. The Hall–Kier alpha value is -1.76. The Kier molecular flexibility index (Phi) is 5.86. The molecule has 6 nitrogen and oxygen atoms in total.